The van der Waals surface area contributed by atoms with Crippen LogP contribution in [0.15, 0.2) is 46.9 Å². The molecule has 0 bridgehead atoms. The van der Waals surface area contributed by atoms with Gasteiger partial charge in [0.2, 0.25) is 0 Å². The van der Waals surface area contributed by atoms with Crippen molar-refractivity contribution in [1.29, 1.82) is 0 Å². The van der Waals surface area contributed by atoms with Crippen LogP contribution in [-0.4, -0.2) is 16.1 Å². The van der Waals surface area contributed by atoms with E-state index in [9.17, 15) is 4.79 Å². The number of nitrogens with zero attached hydrogens (tertiary/aromatic N) is 1. The molecule has 0 aliphatic rings. The van der Waals surface area contributed by atoms with Crippen molar-refractivity contribution in [3.8, 4) is 0 Å². The number of hydrogen-bond donors (Lipinski definition) is 2. The zero-order valence-corrected chi connectivity index (χ0v) is 15.5. The Morgan fingerprint density at radius 1 is 1.12 bits per heavy atom. The Labute approximate surface area is 149 Å². The standard InChI is InChI=1S/C19H20BrN3O/c1-11(2)17-16(20)18(23-22-17)19(24)21-12(3)14-9-8-13-6-4-5-7-15(13)10-14/h4-12H,1-3H3,(H,21,24)(H,22,23). The quantitative estimate of drug-likeness (QED) is 0.667. The molecule has 2 N–H and O–H groups in total. The number of rotatable bonds is 4. The molecule has 3 rings (SSSR count). The van der Waals surface area contributed by atoms with Crippen LogP contribution in [0.5, 0.6) is 0 Å². The van der Waals surface area contributed by atoms with Gasteiger partial charge in [0.05, 0.1) is 16.2 Å². The van der Waals surface area contributed by atoms with Crippen LogP contribution in [0.1, 0.15) is 54.5 Å². The third-order valence-electron chi connectivity index (χ3n) is 4.15. The van der Waals surface area contributed by atoms with Gasteiger partial charge in [-0.25, -0.2) is 0 Å². The van der Waals surface area contributed by atoms with Gasteiger partial charge in [0.15, 0.2) is 5.69 Å². The molecule has 1 aromatic heterocycles. The van der Waals surface area contributed by atoms with Crippen LogP contribution in [0.4, 0.5) is 0 Å². The summed E-state index contributed by atoms with van der Waals surface area (Å²) in [6.45, 7) is 6.08. The first-order chi connectivity index (χ1) is 11.5. The number of carbonyl (C=O) groups excluding carboxylic acids is 1. The molecule has 0 aliphatic heterocycles. The fraction of sp³-hybridized carbons (Fsp3) is 0.263. The van der Waals surface area contributed by atoms with Gasteiger partial charge in [0.1, 0.15) is 0 Å². The number of halogens is 1. The van der Waals surface area contributed by atoms with E-state index in [4.69, 9.17) is 0 Å². The summed E-state index contributed by atoms with van der Waals surface area (Å²) in [5.41, 5.74) is 2.39. The number of H-pyrrole nitrogens is 1. The minimum Gasteiger partial charge on any atom is -0.344 e. The minimum atomic E-state index is -0.189. The molecule has 1 atom stereocenters. The number of fused-ring (bicyclic) bond motifs is 1. The fourth-order valence-corrected chi connectivity index (χ4v) is 3.52. The molecule has 124 valence electrons. The maximum absolute atomic E-state index is 12.5. The molecule has 1 unspecified atom stereocenters. The molecule has 24 heavy (non-hydrogen) atoms. The van der Waals surface area contributed by atoms with Gasteiger partial charge < -0.3 is 5.32 Å². The molecule has 2 aromatic carbocycles. The van der Waals surface area contributed by atoms with Crippen molar-refractivity contribution >= 4 is 32.6 Å². The number of amides is 1. The third-order valence-corrected chi connectivity index (χ3v) is 4.95. The van der Waals surface area contributed by atoms with E-state index in [0.29, 0.717) is 5.69 Å². The monoisotopic (exact) mass is 385 g/mol. The van der Waals surface area contributed by atoms with E-state index in [1.54, 1.807) is 0 Å². The second kappa shape index (κ2) is 6.77. The van der Waals surface area contributed by atoms with Crippen LogP contribution in [0.3, 0.4) is 0 Å². The molecule has 4 nitrogen and oxygen atoms in total. The number of nitrogens with one attached hydrogen (secondary N) is 2. The van der Waals surface area contributed by atoms with E-state index in [1.807, 2.05) is 25.1 Å². The largest absolute Gasteiger partial charge is 0.344 e. The van der Waals surface area contributed by atoms with Crippen molar-refractivity contribution in [3.63, 3.8) is 0 Å². The number of benzene rings is 2. The van der Waals surface area contributed by atoms with Crippen molar-refractivity contribution < 1.29 is 4.79 Å². The normalized spacial score (nSPS) is 12.5. The van der Waals surface area contributed by atoms with Gasteiger partial charge in [0, 0.05) is 0 Å². The predicted molar refractivity (Wildman–Crippen MR) is 100 cm³/mol. The molecule has 1 amide bonds. The molecule has 0 spiro atoms. The summed E-state index contributed by atoms with van der Waals surface area (Å²) in [5, 5.41) is 12.5. The molecule has 5 heteroatoms. The van der Waals surface area contributed by atoms with E-state index >= 15 is 0 Å². The van der Waals surface area contributed by atoms with E-state index < -0.39 is 0 Å². The van der Waals surface area contributed by atoms with Crippen molar-refractivity contribution in [2.45, 2.75) is 32.7 Å². The van der Waals surface area contributed by atoms with Crippen LogP contribution >= 0.6 is 15.9 Å². The maximum Gasteiger partial charge on any atom is 0.273 e. The van der Waals surface area contributed by atoms with Crippen LogP contribution in [0.25, 0.3) is 10.8 Å². The summed E-state index contributed by atoms with van der Waals surface area (Å²) in [5.74, 6) is 0.0806. The summed E-state index contributed by atoms with van der Waals surface area (Å²) in [6.07, 6.45) is 0. The highest BCUT2D eigenvalue weighted by Gasteiger charge is 2.21. The maximum atomic E-state index is 12.5. The van der Waals surface area contributed by atoms with Crippen LogP contribution in [0.2, 0.25) is 0 Å². The first-order valence-corrected chi connectivity index (χ1v) is 8.80. The van der Waals surface area contributed by atoms with Crippen LogP contribution in [-0.2, 0) is 0 Å². The molecular formula is C19H20BrN3O. The lowest BCUT2D eigenvalue weighted by Gasteiger charge is -2.14. The lowest BCUT2D eigenvalue weighted by molar-refractivity contribution is 0.0934. The Morgan fingerprint density at radius 2 is 1.83 bits per heavy atom. The summed E-state index contributed by atoms with van der Waals surface area (Å²) in [4.78, 5) is 12.5. The average molecular weight is 386 g/mol. The number of aromatic amines is 1. The first kappa shape index (κ1) is 16.7. The Morgan fingerprint density at radius 3 is 2.50 bits per heavy atom. The Bertz CT molecular complexity index is 885. The Hall–Kier alpha value is -2.14. The smallest absolute Gasteiger partial charge is 0.273 e. The zero-order chi connectivity index (χ0) is 17.3. The van der Waals surface area contributed by atoms with Gasteiger partial charge in [-0.15, -0.1) is 0 Å². The van der Waals surface area contributed by atoms with E-state index in [1.165, 1.54) is 10.8 Å². The van der Waals surface area contributed by atoms with Gasteiger partial charge >= 0.3 is 0 Å². The molecule has 0 radical (unpaired) electrons. The highest BCUT2D eigenvalue weighted by Crippen LogP contribution is 2.26. The molecule has 3 aromatic rings. The SMILES string of the molecule is CC(C)c1[nH]nc(C(=O)NC(C)c2ccc3ccccc3c2)c1Br. The number of aromatic nitrogens is 2. The van der Waals surface area contributed by atoms with E-state index in [2.05, 4.69) is 69.6 Å². The second-order valence-corrected chi connectivity index (χ2v) is 7.05. The summed E-state index contributed by atoms with van der Waals surface area (Å²) >= 11 is 3.48. The zero-order valence-electron chi connectivity index (χ0n) is 13.9. The average Bonchev–Trinajstić information content (AvgIpc) is 2.96. The lowest BCUT2D eigenvalue weighted by atomic mass is 10.0. The Balaban J connectivity index is 1.80. The molecule has 0 saturated heterocycles. The van der Waals surface area contributed by atoms with E-state index in [0.717, 1.165) is 15.7 Å². The van der Waals surface area contributed by atoms with Gasteiger partial charge in [-0.2, -0.15) is 5.10 Å². The van der Waals surface area contributed by atoms with Crippen molar-refractivity contribution in [2.24, 2.45) is 0 Å². The van der Waals surface area contributed by atoms with Crippen LogP contribution < -0.4 is 5.32 Å². The van der Waals surface area contributed by atoms with E-state index in [-0.39, 0.29) is 17.9 Å². The highest BCUT2D eigenvalue weighted by molar-refractivity contribution is 9.10. The van der Waals surface area contributed by atoms with Gasteiger partial charge in [-0.3, -0.25) is 9.89 Å². The third kappa shape index (κ3) is 3.22. The predicted octanol–water partition coefficient (Wildman–Crippen LogP) is 4.94. The molecular weight excluding hydrogens is 366 g/mol. The molecule has 0 saturated carbocycles. The van der Waals surface area contributed by atoms with Crippen molar-refractivity contribution in [1.82, 2.24) is 15.5 Å². The van der Waals surface area contributed by atoms with Crippen LogP contribution in [0, 0.1) is 0 Å². The van der Waals surface area contributed by atoms with Gasteiger partial charge in [0.25, 0.3) is 5.91 Å². The summed E-state index contributed by atoms with van der Waals surface area (Å²) in [7, 11) is 0. The first-order valence-electron chi connectivity index (χ1n) is 8.00. The number of carbonyl (C=O) groups is 1. The van der Waals surface area contributed by atoms with Crippen molar-refractivity contribution in [2.75, 3.05) is 0 Å². The number of hydrogen-bond acceptors (Lipinski definition) is 2. The summed E-state index contributed by atoms with van der Waals surface area (Å²) in [6, 6.07) is 14.3. The Kier molecular flexibility index (Phi) is 4.71. The minimum absolute atomic E-state index is 0.104. The molecule has 0 fully saturated rings. The highest BCUT2D eigenvalue weighted by atomic mass is 79.9. The van der Waals surface area contributed by atoms with Gasteiger partial charge in [-0.1, -0.05) is 50.2 Å². The molecule has 1 heterocycles. The lowest BCUT2D eigenvalue weighted by Crippen LogP contribution is -2.27. The summed E-state index contributed by atoms with van der Waals surface area (Å²) < 4.78 is 0.737. The topological polar surface area (TPSA) is 57.8 Å². The second-order valence-electron chi connectivity index (χ2n) is 6.26. The fourth-order valence-electron chi connectivity index (χ4n) is 2.70. The molecule has 0 aliphatic carbocycles. The van der Waals surface area contributed by atoms with Gasteiger partial charge in [-0.05, 0) is 51.2 Å². The van der Waals surface area contributed by atoms with Crippen molar-refractivity contribution in [3.05, 3.63) is 63.9 Å².